The Labute approximate surface area is 114 Å². The van der Waals surface area contributed by atoms with E-state index in [2.05, 4.69) is 67.1 Å². The van der Waals surface area contributed by atoms with Crippen LogP contribution >= 0.6 is 20.8 Å². The molecule has 0 N–H and O–H groups in total. The molecule has 0 spiro atoms. The van der Waals surface area contributed by atoms with Crippen molar-refractivity contribution in [2.45, 2.75) is 26.9 Å². The van der Waals surface area contributed by atoms with E-state index in [4.69, 9.17) is 0 Å². The minimum absolute atomic E-state index is 1.20. The zero-order valence-electron chi connectivity index (χ0n) is 11.2. The molecule has 1 aromatic rings. The minimum atomic E-state index is -1.67. The van der Waals surface area contributed by atoms with Crippen LogP contribution in [0.3, 0.4) is 0 Å². The second kappa shape index (κ2) is 5.67. The normalized spacial score (nSPS) is 14.0. The van der Waals surface area contributed by atoms with Crippen molar-refractivity contribution in [1.29, 1.82) is 0 Å². The summed E-state index contributed by atoms with van der Waals surface area (Å²) in [6, 6.07) is 8.83. The molecular formula is C15H24BrP. The van der Waals surface area contributed by atoms with E-state index in [-0.39, 0.29) is 0 Å². The van der Waals surface area contributed by atoms with Gasteiger partial charge in [-0.2, -0.15) is 0 Å². The van der Waals surface area contributed by atoms with E-state index in [9.17, 15) is 0 Å². The van der Waals surface area contributed by atoms with Gasteiger partial charge in [-0.05, 0) is 0 Å². The first kappa shape index (κ1) is 14.9. The van der Waals surface area contributed by atoms with Gasteiger partial charge in [0.25, 0.3) is 0 Å². The molecule has 0 unspecified atom stereocenters. The van der Waals surface area contributed by atoms with E-state index in [0.717, 1.165) is 0 Å². The van der Waals surface area contributed by atoms with Crippen LogP contribution in [0.2, 0.25) is 0 Å². The molecule has 96 valence electrons. The summed E-state index contributed by atoms with van der Waals surface area (Å²) in [5.41, 5.74) is 2.66. The summed E-state index contributed by atoms with van der Waals surface area (Å²) in [5, 5.41) is -1.67. The van der Waals surface area contributed by atoms with Gasteiger partial charge in [0.05, 0.1) is 0 Å². The van der Waals surface area contributed by atoms with Crippen molar-refractivity contribution in [1.82, 2.24) is 0 Å². The molecule has 0 saturated carbocycles. The van der Waals surface area contributed by atoms with E-state index in [1.165, 1.54) is 35.8 Å². The van der Waals surface area contributed by atoms with Crippen molar-refractivity contribution in [2.24, 2.45) is 0 Å². The van der Waals surface area contributed by atoms with Crippen molar-refractivity contribution < 1.29 is 0 Å². The zero-order chi connectivity index (χ0) is 13.0. The first-order valence-corrected chi connectivity index (χ1v) is 11.4. The Morgan fingerprint density at radius 3 is 1.88 bits per heavy atom. The van der Waals surface area contributed by atoms with Crippen LogP contribution in [0.25, 0.3) is 6.08 Å². The zero-order valence-corrected chi connectivity index (χ0v) is 13.7. The molecule has 0 aliphatic rings. The molecule has 0 atom stereocenters. The third kappa shape index (κ3) is 3.42. The fourth-order valence-corrected chi connectivity index (χ4v) is 6.23. The molecule has 1 aromatic carbocycles. The van der Waals surface area contributed by atoms with Crippen molar-refractivity contribution in [3.8, 4) is 0 Å². The molecule has 2 heteroatoms. The van der Waals surface area contributed by atoms with Gasteiger partial charge in [-0.1, -0.05) is 0 Å². The monoisotopic (exact) mass is 314 g/mol. The maximum absolute atomic E-state index is 4.17. The van der Waals surface area contributed by atoms with Crippen molar-refractivity contribution >= 4 is 26.9 Å². The van der Waals surface area contributed by atoms with Crippen molar-refractivity contribution in [3.63, 3.8) is 0 Å². The van der Waals surface area contributed by atoms with Gasteiger partial charge in [-0.3, -0.25) is 0 Å². The Bertz CT molecular complexity index is 365. The average Bonchev–Trinajstić information content (AvgIpc) is 2.40. The Morgan fingerprint density at radius 2 is 1.53 bits per heavy atom. The van der Waals surface area contributed by atoms with E-state index in [0.29, 0.717) is 0 Å². The van der Waals surface area contributed by atoms with Crippen LogP contribution in [-0.2, 0) is 6.16 Å². The van der Waals surface area contributed by atoms with Crippen LogP contribution in [0.5, 0.6) is 0 Å². The van der Waals surface area contributed by atoms with Gasteiger partial charge >= 0.3 is 114 Å². The van der Waals surface area contributed by atoms with Crippen molar-refractivity contribution in [2.75, 3.05) is 18.5 Å². The quantitative estimate of drug-likeness (QED) is 0.586. The summed E-state index contributed by atoms with van der Waals surface area (Å²) in [4.78, 5) is 0. The third-order valence-corrected chi connectivity index (χ3v) is 15.3. The number of hydrogen-bond donors (Lipinski definition) is 0. The first-order chi connectivity index (χ1) is 7.99. The standard InChI is InChI=1S/C15H24BrP/c1-5-14-9-11-15(12-10-14)13-17(16,6-2,7-3)8-4/h5,9-12H,1,6-8,13H2,2-4H3. The molecule has 0 fully saturated rings. The fraction of sp³-hybridized carbons (Fsp3) is 0.467. The Balaban J connectivity index is 2.98. The van der Waals surface area contributed by atoms with Gasteiger partial charge in [-0.25, -0.2) is 0 Å². The number of benzene rings is 1. The van der Waals surface area contributed by atoms with Gasteiger partial charge in [0.15, 0.2) is 0 Å². The summed E-state index contributed by atoms with van der Waals surface area (Å²) < 4.78 is 0. The molecule has 0 saturated heterocycles. The Hall–Kier alpha value is -0.130. The predicted molar refractivity (Wildman–Crippen MR) is 87.7 cm³/mol. The van der Waals surface area contributed by atoms with E-state index >= 15 is 0 Å². The van der Waals surface area contributed by atoms with E-state index < -0.39 is 5.31 Å². The maximum atomic E-state index is 4.17. The van der Waals surface area contributed by atoms with Gasteiger partial charge < -0.3 is 0 Å². The second-order valence-corrected chi connectivity index (χ2v) is 16.7. The molecule has 0 heterocycles. The predicted octanol–water partition coefficient (Wildman–Crippen LogP) is 5.75. The number of halogens is 1. The third-order valence-electron chi connectivity index (χ3n) is 4.16. The average molecular weight is 315 g/mol. The van der Waals surface area contributed by atoms with Gasteiger partial charge in [0.1, 0.15) is 0 Å². The molecule has 17 heavy (non-hydrogen) atoms. The summed E-state index contributed by atoms with van der Waals surface area (Å²) >= 11 is 4.17. The Kier molecular flexibility index (Phi) is 4.98. The van der Waals surface area contributed by atoms with Gasteiger partial charge in [0, 0.05) is 0 Å². The van der Waals surface area contributed by atoms with Crippen molar-refractivity contribution in [3.05, 3.63) is 42.0 Å². The first-order valence-electron chi connectivity index (χ1n) is 6.43. The van der Waals surface area contributed by atoms with Gasteiger partial charge in [0.2, 0.25) is 0 Å². The number of hydrogen-bond acceptors (Lipinski definition) is 0. The topological polar surface area (TPSA) is 0 Å². The molecule has 0 aromatic heterocycles. The fourth-order valence-electron chi connectivity index (χ4n) is 2.22. The van der Waals surface area contributed by atoms with Crippen LogP contribution in [0, 0.1) is 0 Å². The summed E-state index contributed by atoms with van der Waals surface area (Å²) in [5.74, 6) is 0. The SMILES string of the molecule is C=Cc1ccc(CP(Br)(CC)(CC)CC)cc1. The van der Waals surface area contributed by atoms with Crippen LogP contribution in [-0.4, -0.2) is 18.5 Å². The molecule has 0 amide bonds. The molecule has 0 nitrogen and oxygen atoms in total. The Morgan fingerprint density at radius 1 is 1.06 bits per heavy atom. The molecule has 0 aliphatic carbocycles. The van der Waals surface area contributed by atoms with Gasteiger partial charge in [-0.15, -0.1) is 0 Å². The molecule has 1 rings (SSSR count). The summed E-state index contributed by atoms with van der Waals surface area (Å²) in [7, 11) is 0. The van der Waals surface area contributed by atoms with Crippen LogP contribution in [0.15, 0.2) is 30.8 Å². The van der Waals surface area contributed by atoms with Crippen LogP contribution in [0.4, 0.5) is 0 Å². The molecular weight excluding hydrogens is 291 g/mol. The molecule has 0 radical (unpaired) electrons. The molecule has 0 aliphatic heterocycles. The van der Waals surface area contributed by atoms with Crippen LogP contribution < -0.4 is 0 Å². The number of rotatable bonds is 6. The van der Waals surface area contributed by atoms with E-state index in [1.54, 1.807) is 0 Å². The van der Waals surface area contributed by atoms with E-state index in [1.807, 2.05) is 6.08 Å². The summed E-state index contributed by atoms with van der Waals surface area (Å²) in [6.07, 6.45) is 6.95. The summed E-state index contributed by atoms with van der Waals surface area (Å²) in [6.45, 7) is 10.8. The molecule has 0 bridgehead atoms. The second-order valence-electron chi connectivity index (χ2n) is 4.87. The van der Waals surface area contributed by atoms with Crippen LogP contribution in [0.1, 0.15) is 31.9 Å².